The van der Waals surface area contributed by atoms with Crippen LogP contribution in [0.5, 0.6) is 0 Å². The molecule has 1 N–H and O–H groups in total. The largest absolute Gasteiger partial charge is 0.478 e. The van der Waals surface area contributed by atoms with E-state index in [4.69, 9.17) is 22.0 Å². The summed E-state index contributed by atoms with van der Waals surface area (Å²) >= 11 is 5.64. The molecule has 0 bridgehead atoms. The standard InChI is InChI=1S/C8H5ClN2O2/c1-4-7(8(12)13)6(9)2-5(3-10)11-4/h2H,1H3,(H,12,13). The van der Waals surface area contributed by atoms with Crippen molar-refractivity contribution in [2.45, 2.75) is 6.92 Å². The first-order valence-electron chi connectivity index (χ1n) is 3.36. The number of pyridine rings is 1. The summed E-state index contributed by atoms with van der Waals surface area (Å²) in [6.45, 7) is 1.50. The second-order valence-corrected chi connectivity index (χ2v) is 2.77. The van der Waals surface area contributed by atoms with Crippen molar-refractivity contribution in [2.24, 2.45) is 0 Å². The van der Waals surface area contributed by atoms with Gasteiger partial charge in [0.1, 0.15) is 11.8 Å². The fourth-order valence-electron chi connectivity index (χ4n) is 0.948. The van der Waals surface area contributed by atoms with Gasteiger partial charge in [-0.15, -0.1) is 0 Å². The van der Waals surface area contributed by atoms with Crippen LogP contribution >= 0.6 is 11.6 Å². The second kappa shape index (κ2) is 3.42. The highest BCUT2D eigenvalue weighted by Gasteiger charge is 2.14. The predicted molar refractivity (Wildman–Crippen MR) is 45.7 cm³/mol. The zero-order chi connectivity index (χ0) is 10.0. The van der Waals surface area contributed by atoms with E-state index in [1.165, 1.54) is 13.0 Å². The smallest absolute Gasteiger partial charge is 0.339 e. The summed E-state index contributed by atoms with van der Waals surface area (Å²) in [6, 6.07) is 3.02. The third kappa shape index (κ3) is 1.76. The molecule has 0 unspecified atom stereocenters. The van der Waals surface area contributed by atoms with Gasteiger partial charge in [-0.1, -0.05) is 11.6 Å². The van der Waals surface area contributed by atoms with Crippen molar-refractivity contribution in [1.29, 1.82) is 5.26 Å². The first kappa shape index (κ1) is 9.49. The molecule has 0 saturated heterocycles. The molecular formula is C8H5ClN2O2. The first-order valence-corrected chi connectivity index (χ1v) is 3.74. The second-order valence-electron chi connectivity index (χ2n) is 2.37. The lowest BCUT2D eigenvalue weighted by molar-refractivity contribution is 0.0696. The molecular weight excluding hydrogens is 192 g/mol. The first-order chi connectivity index (χ1) is 6.06. The molecule has 1 rings (SSSR count). The molecule has 5 heteroatoms. The van der Waals surface area contributed by atoms with E-state index in [9.17, 15) is 4.79 Å². The van der Waals surface area contributed by atoms with Gasteiger partial charge in [0.25, 0.3) is 0 Å². The highest BCUT2D eigenvalue weighted by Crippen LogP contribution is 2.19. The zero-order valence-corrected chi connectivity index (χ0v) is 7.46. The maximum absolute atomic E-state index is 10.6. The fourth-order valence-corrected chi connectivity index (χ4v) is 1.27. The summed E-state index contributed by atoms with van der Waals surface area (Å²) in [6.07, 6.45) is 0. The molecule has 0 amide bonds. The SMILES string of the molecule is Cc1nc(C#N)cc(Cl)c1C(=O)O. The molecule has 0 radical (unpaired) electrons. The number of aromatic nitrogens is 1. The minimum atomic E-state index is -1.14. The number of aromatic carboxylic acids is 1. The maximum Gasteiger partial charge on any atom is 0.339 e. The number of nitrogens with zero attached hydrogens (tertiary/aromatic N) is 2. The van der Waals surface area contributed by atoms with Crippen LogP contribution in [-0.2, 0) is 0 Å². The zero-order valence-electron chi connectivity index (χ0n) is 6.71. The van der Waals surface area contributed by atoms with Crippen LogP contribution in [0.2, 0.25) is 5.02 Å². The predicted octanol–water partition coefficient (Wildman–Crippen LogP) is 1.61. The lowest BCUT2D eigenvalue weighted by atomic mass is 10.2. The van der Waals surface area contributed by atoms with Crippen LogP contribution in [0, 0.1) is 18.3 Å². The van der Waals surface area contributed by atoms with Crippen LogP contribution in [-0.4, -0.2) is 16.1 Å². The van der Waals surface area contributed by atoms with Gasteiger partial charge >= 0.3 is 5.97 Å². The van der Waals surface area contributed by atoms with Gasteiger partial charge in [0.05, 0.1) is 16.3 Å². The van der Waals surface area contributed by atoms with Gasteiger partial charge in [-0.2, -0.15) is 5.26 Å². The number of carboxylic acid groups (broad SMARTS) is 1. The van der Waals surface area contributed by atoms with E-state index in [0.29, 0.717) is 0 Å². The van der Waals surface area contributed by atoms with E-state index >= 15 is 0 Å². The molecule has 66 valence electrons. The number of carbonyl (C=O) groups is 1. The molecule has 0 aromatic carbocycles. The third-order valence-corrected chi connectivity index (χ3v) is 1.78. The summed E-state index contributed by atoms with van der Waals surface area (Å²) in [5, 5.41) is 17.2. The highest BCUT2D eigenvalue weighted by atomic mass is 35.5. The Bertz CT molecular complexity index is 386. The van der Waals surface area contributed by atoms with Crippen molar-refractivity contribution in [3.05, 3.63) is 28.0 Å². The Kier molecular flexibility index (Phi) is 2.49. The third-order valence-electron chi connectivity index (χ3n) is 1.48. The summed E-state index contributed by atoms with van der Waals surface area (Å²) in [5.74, 6) is -1.14. The van der Waals surface area contributed by atoms with E-state index in [0.717, 1.165) is 0 Å². The molecule has 1 aromatic heterocycles. The van der Waals surface area contributed by atoms with Crippen LogP contribution in [0.4, 0.5) is 0 Å². The Morgan fingerprint density at radius 3 is 2.77 bits per heavy atom. The Labute approximate surface area is 79.4 Å². The number of hydrogen-bond acceptors (Lipinski definition) is 3. The van der Waals surface area contributed by atoms with Crippen LogP contribution in [0.1, 0.15) is 21.7 Å². The molecule has 0 aliphatic heterocycles. The van der Waals surface area contributed by atoms with E-state index in [2.05, 4.69) is 4.98 Å². The van der Waals surface area contributed by atoms with Crippen LogP contribution in [0.15, 0.2) is 6.07 Å². The monoisotopic (exact) mass is 196 g/mol. The topological polar surface area (TPSA) is 74.0 Å². The maximum atomic E-state index is 10.6. The van der Waals surface area contributed by atoms with Crippen molar-refractivity contribution in [2.75, 3.05) is 0 Å². The van der Waals surface area contributed by atoms with Crippen molar-refractivity contribution in [1.82, 2.24) is 4.98 Å². The van der Waals surface area contributed by atoms with Crippen molar-refractivity contribution >= 4 is 17.6 Å². The van der Waals surface area contributed by atoms with Gasteiger partial charge in [-0.3, -0.25) is 0 Å². The Morgan fingerprint density at radius 2 is 2.38 bits per heavy atom. The number of halogens is 1. The van der Waals surface area contributed by atoms with Gasteiger partial charge in [0.2, 0.25) is 0 Å². The molecule has 0 aliphatic rings. The minimum absolute atomic E-state index is 0.0385. The van der Waals surface area contributed by atoms with Crippen LogP contribution in [0.25, 0.3) is 0 Å². The quantitative estimate of drug-likeness (QED) is 0.741. The van der Waals surface area contributed by atoms with Crippen LogP contribution < -0.4 is 0 Å². The van der Waals surface area contributed by atoms with E-state index in [1.807, 2.05) is 0 Å². The molecule has 0 aliphatic carbocycles. The molecule has 1 heterocycles. The molecule has 13 heavy (non-hydrogen) atoms. The van der Waals surface area contributed by atoms with E-state index in [-0.39, 0.29) is 22.0 Å². The summed E-state index contributed by atoms with van der Waals surface area (Å²) in [5.41, 5.74) is 0.310. The lowest BCUT2D eigenvalue weighted by Crippen LogP contribution is -2.04. The average Bonchev–Trinajstić information content (AvgIpc) is 2.02. The summed E-state index contributed by atoms with van der Waals surface area (Å²) < 4.78 is 0. The highest BCUT2D eigenvalue weighted by molar-refractivity contribution is 6.33. The van der Waals surface area contributed by atoms with Crippen molar-refractivity contribution in [3.8, 4) is 6.07 Å². The Morgan fingerprint density at radius 1 is 1.77 bits per heavy atom. The molecule has 0 saturated carbocycles. The molecule has 1 aromatic rings. The number of nitriles is 1. The number of carboxylic acids is 1. The number of hydrogen-bond donors (Lipinski definition) is 1. The average molecular weight is 197 g/mol. The van der Waals surface area contributed by atoms with Crippen LogP contribution in [0.3, 0.4) is 0 Å². The van der Waals surface area contributed by atoms with Gasteiger partial charge in [0, 0.05) is 0 Å². The van der Waals surface area contributed by atoms with Gasteiger partial charge in [-0.25, -0.2) is 9.78 Å². The minimum Gasteiger partial charge on any atom is -0.478 e. The molecule has 4 nitrogen and oxygen atoms in total. The lowest BCUT2D eigenvalue weighted by Gasteiger charge is -2.01. The molecule has 0 spiro atoms. The van der Waals surface area contributed by atoms with Crippen molar-refractivity contribution in [3.63, 3.8) is 0 Å². The van der Waals surface area contributed by atoms with Crippen molar-refractivity contribution < 1.29 is 9.90 Å². The molecule has 0 fully saturated rings. The number of rotatable bonds is 1. The van der Waals surface area contributed by atoms with E-state index < -0.39 is 5.97 Å². The Balaban J connectivity index is 3.42. The van der Waals surface area contributed by atoms with Gasteiger partial charge in [-0.05, 0) is 13.0 Å². The Hall–Kier alpha value is -1.60. The summed E-state index contributed by atoms with van der Waals surface area (Å²) in [7, 11) is 0. The normalized spacial score (nSPS) is 9.31. The number of aryl methyl sites for hydroxylation is 1. The van der Waals surface area contributed by atoms with E-state index in [1.54, 1.807) is 6.07 Å². The summed E-state index contributed by atoms with van der Waals surface area (Å²) in [4.78, 5) is 14.4. The fraction of sp³-hybridized carbons (Fsp3) is 0.125. The van der Waals surface area contributed by atoms with Gasteiger partial charge in [0.15, 0.2) is 0 Å². The molecule has 0 atom stereocenters. The van der Waals surface area contributed by atoms with Gasteiger partial charge < -0.3 is 5.11 Å².